The molecular weight excluding hydrogens is 604 g/mol. The molecule has 0 amide bonds. The van der Waals surface area contributed by atoms with Crippen molar-refractivity contribution < 1.29 is 47.4 Å². The van der Waals surface area contributed by atoms with Gasteiger partial charge in [-0.3, -0.25) is 0 Å². The summed E-state index contributed by atoms with van der Waals surface area (Å²) in [6.07, 6.45) is 8.55. The molecule has 0 spiro atoms. The third-order valence-electron chi connectivity index (χ3n) is 6.43. The molecule has 0 fully saturated rings. The van der Waals surface area contributed by atoms with Crippen LogP contribution >= 0.6 is 0 Å². The van der Waals surface area contributed by atoms with E-state index in [1.807, 2.05) is 55.4 Å². The summed E-state index contributed by atoms with van der Waals surface area (Å²) in [5, 5.41) is 0. The molecule has 0 saturated carbocycles. The summed E-state index contributed by atoms with van der Waals surface area (Å²) in [4.78, 5) is 14.6. The average molecular weight is 669 g/mol. The van der Waals surface area contributed by atoms with E-state index >= 15 is 0 Å². The number of rotatable bonds is 29. The van der Waals surface area contributed by atoms with Gasteiger partial charge in [-0.25, -0.2) is 4.79 Å². The third-order valence-corrected chi connectivity index (χ3v) is 6.43. The Kier molecular flexibility index (Phi) is 22.8. The largest absolute Gasteiger partial charge is 0.500 e. The van der Waals surface area contributed by atoms with Crippen LogP contribution in [0.4, 0.5) is 0 Å². The lowest BCUT2D eigenvalue weighted by Gasteiger charge is -2.34. The molecule has 1 rings (SSSR count). The highest BCUT2D eigenvalue weighted by molar-refractivity contribution is 5.93. The highest BCUT2D eigenvalue weighted by Gasteiger charge is 2.45. The number of ether oxygens (including phenoxy) is 9. The van der Waals surface area contributed by atoms with Crippen LogP contribution in [0, 0.1) is 0 Å². The number of carbonyl (C=O) groups is 1. The number of esters is 1. The summed E-state index contributed by atoms with van der Waals surface area (Å²) in [7, 11) is 0. The molecule has 1 aromatic rings. The summed E-state index contributed by atoms with van der Waals surface area (Å²) in [5.74, 6) is -0.998. The van der Waals surface area contributed by atoms with Crippen molar-refractivity contribution in [1.29, 1.82) is 0 Å². The van der Waals surface area contributed by atoms with Crippen molar-refractivity contribution >= 4 is 5.97 Å². The minimum atomic E-state index is -1.85. The Labute approximate surface area is 284 Å². The van der Waals surface area contributed by atoms with Crippen LogP contribution in [0.5, 0.6) is 28.7 Å². The molecule has 0 aromatic heterocycles. The molecule has 0 aliphatic rings. The zero-order valence-electron chi connectivity index (χ0n) is 30.9. The van der Waals surface area contributed by atoms with E-state index in [9.17, 15) is 4.79 Å². The number of hydrogen-bond donors (Lipinski definition) is 0. The maximum absolute atomic E-state index is 14.6. The molecule has 0 aliphatic carbocycles. The lowest BCUT2D eigenvalue weighted by molar-refractivity contribution is -0.356. The minimum Gasteiger partial charge on any atom is -0.500 e. The Morgan fingerprint density at radius 1 is 0.489 bits per heavy atom. The SMILES string of the molecule is CCCOC=C(C(=O)Oc1c(OCCC)c(OCCC)c(CCC)c(OCCC)c1OCCC)C(OCCC)(OCCC)OCCC. The van der Waals surface area contributed by atoms with E-state index < -0.39 is 11.9 Å². The van der Waals surface area contributed by atoms with Crippen molar-refractivity contribution in [3.05, 3.63) is 17.4 Å². The molecular formula is C37H64O10. The molecule has 0 atom stereocenters. The van der Waals surface area contributed by atoms with Crippen molar-refractivity contribution in [3.8, 4) is 28.7 Å². The lowest BCUT2D eigenvalue weighted by atomic mass is 10.0. The normalized spacial score (nSPS) is 11.8. The van der Waals surface area contributed by atoms with Crippen molar-refractivity contribution in [2.75, 3.05) is 52.9 Å². The fourth-order valence-electron chi connectivity index (χ4n) is 4.36. The second-order valence-electron chi connectivity index (χ2n) is 11.2. The van der Waals surface area contributed by atoms with Gasteiger partial charge in [-0.1, -0.05) is 68.7 Å². The molecule has 0 heterocycles. The van der Waals surface area contributed by atoms with Crippen LogP contribution in [0.2, 0.25) is 0 Å². The van der Waals surface area contributed by atoms with E-state index in [0.717, 1.165) is 44.1 Å². The summed E-state index contributed by atoms with van der Waals surface area (Å²) < 4.78 is 56.3. The molecule has 0 saturated heterocycles. The first-order valence-electron chi connectivity index (χ1n) is 18.1. The summed E-state index contributed by atoms with van der Waals surface area (Å²) in [6.45, 7) is 20.9. The second-order valence-corrected chi connectivity index (χ2v) is 11.2. The van der Waals surface area contributed by atoms with E-state index in [2.05, 4.69) is 6.92 Å². The Morgan fingerprint density at radius 2 is 0.872 bits per heavy atom. The molecule has 1 aromatic carbocycles. The highest BCUT2D eigenvalue weighted by Crippen LogP contribution is 2.55. The van der Waals surface area contributed by atoms with Crippen LogP contribution in [-0.4, -0.2) is 64.8 Å². The van der Waals surface area contributed by atoms with E-state index in [4.69, 9.17) is 42.6 Å². The van der Waals surface area contributed by atoms with Gasteiger partial charge in [0.2, 0.25) is 17.2 Å². The summed E-state index contributed by atoms with van der Waals surface area (Å²) >= 11 is 0. The lowest BCUT2D eigenvalue weighted by Crippen LogP contribution is -2.46. The molecule has 10 heteroatoms. The zero-order chi connectivity index (χ0) is 34.9. The summed E-state index contributed by atoms with van der Waals surface area (Å²) in [5.41, 5.74) is 0.764. The predicted molar refractivity (Wildman–Crippen MR) is 185 cm³/mol. The van der Waals surface area contributed by atoms with Gasteiger partial charge in [-0.2, -0.15) is 0 Å². The number of carbonyl (C=O) groups excluding carboxylic acids is 1. The van der Waals surface area contributed by atoms with Crippen LogP contribution in [0.25, 0.3) is 0 Å². The maximum atomic E-state index is 14.6. The van der Waals surface area contributed by atoms with Crippen molar-refractivity contribution in [2.24, 2.45) is 0 Å². The molecule has 0 radical (unpaired) electrons. The maximum Gasteiger partial charge on any atom is 0.351 e. The van der Waals surface area contributed by atoms with Crippen molar-refractivity contribution in [2.45, 2.75) is 132 Å². The first kappa shape index (κ1) is 42.3. The number of benzene rings is 1. The van der Waals surface area contributed by atoms with Crippen LogP contribution in [0.15, 0.2) is 11.8 Å². The molecule has 0 N–H and O–H groups in total. The van der Waals surface area contributed by atoms with Gasteiger partial charge in [0.15, 0.2) is 17.1 Å². The van der Waals surface area contributed by atoms with E-state index in [0.29, 0.717) is 81.7 Å². The molecule has 0 bridgehead atoms. The van der Waals surface area contributed by atoms with E-state index in [1.165, 1.54) is 6.26 Å². The fourth-order valence-corrected chi connectivity index (χ4v) is 4.36. The quantitative estimate of drug-likeness (QED) is 0.0205. The highest BCUT2D eigenvalue weighted by atomic mass is 16.9. The van der Waals surface area contributed by atoms with Crippen molar-refractivity contribution in [1.82, 2.24) is 0 Å². The third kappa shape index (κ3) is 13.4. The Balaban J connectivity index is 4.16. The molecule has 10 nitrogen and oxygen atoms in total. The molecule has 0 aliphatic heterocycles. The topological polar surface area (TPSA) is 100 Å². The van der Waals surface area contributed by atoms with Gasteiger partial charge in [0.25, 0.3) is 0 Å². The first-order chi connectivity index (χ1) is 22.9. The van der Waals surface area contributed by atoms with Crippen LogP contribution < -0.4 is 23.7 Å². The van der Waals surface area contributed by atoms with Gasteiger partial charge in [-0.15, -0.1) is 0 Å². The van der Waals surface area contributed by atoms with Gasteiger partial charge in [0, 0.05) is 5.56 Å². The Hall–Kier alpha value is -2.69. The second kappa shape index (κ2) is 25.3. The smallest absolute Gasteiger partial charge is 0.351 e. The summed E-state index contributed by atoms with van der Waals surface area (Å²) in [6, 6.07) is 0. The van der Waals surface area contributed by atoms with Crippen LogP contribution in [0.3, 0.4) is 0 Å². The Morgan fingerprint density at radius 3 is 1.23 bits per heavy atom. The predicted octanol–water partition coefficient (Wildman–Crippen LogP) is 8.94. The average Bonchev–Trinajstić information content (AvgIpc) is 3.08. The molecule has 0 unspecified atom stereocenters. The van der Waals surface area contributed by atoms with E-state index in [1.54, 1.807) is 0 Å². The van der Waals surface area contributed by atoms with Crippen molar-refractivity contribution in [3.63, 3.8) is 0 Å². The Bertz CT molecular complexity index is 960. The monoisotopic (exact) mass is 668 g/mol. The molecule has 47 heavy (non-hydrogen) atoms. The van der Waals surface area contributed by atoms with Gasteiger partial charge >= 0.3 is 11.9 Å². The van der Waals surface area contributed by atoms with Gasteiger partial charge < -0.3 is 42.6 Å². The van der Waals surface area contributed by atoms with Gasteiger partial charge in [0.1, 0.15) is 6.26 Å². The standard InChI is InChI=1S/C37H64O10/c1-10-19-29-31(40-21-12-3)33(42-23-14-5)35(34(43-24-15-6)32(29)41-22-13-4)47-36(38)30(28-39-20-11-2)37(44-25-16-7,45-26-17-8)46-27-18-9/h28H,10-27H2,1-9H3. The fraction of sp³-hybridized carbons (Fsp3) is 0.757. The van der Waals surface area contributed by atoms with Crippen LogP contribution in [0.1, 0.15) is 126 Å². The molecule has 272 valence electrons. The van der Waals surface area contributed by atoms with E-state index in [-0.39, 0.29) is 31.1 Å². The first-order valence-corrected chi connectivity index (χ1v) is 18.1. The van der Waals surface area contributed by atoms with Gasteiger partial charge in [-0.05, 0) is 57.8 Å². The number of hydrogen-bond acceptors (Lipinski definition) is 10. The zero-order valence-corrected chi connectivity index (χ0v) is 30.9. The minimum absolute atomic E-state index is 0.0612. The van der Waals surface area contributed by atoms with Gasteiger partial charge in [0.05, 0.1) is 52.9 Å². The van der Waals surface area contributed by atoms with Crippen LogP contribution in [-0.2, 0) is 30.2 Å².